The van der Waals surface area contributed by atoms with Crippen molar-refractivity contribution in [2.75, 3.05) is 18.9 Å². The molecule has 0 aliphatic rings. The first-order chi connectivity index (χ1) is 8.77. The Kier molecular flexibility index (Phi) is 3.80. The van der Waals surface area contributed by atoms with Gasteiger partial charge in [0, 0.05) is 0 Å². The zero-order chi connectivity index (χ0) is 12.8. The molecule has 0 radical (unpaired) electrons. The molecule has 6 nitrogen and oxygen atoms in total. The fourth-order valence-electron chi connectivity index (χ4n) is 1.42. The van der Waals surface area contributed by atoms with Crippen LogP contribution in [0.25, 0.3) is 0 Å². The van der Waals surface area contributed by atoms with Crippen LogP contribution in [0.2, 0.25) is 0 Å². The predicted octanol–water partition coefficient (Wildman–Crippen LogP) is 0.801. The third-order valence-electron chi connectivity index (χ3n) is 2.31. The summed E-state index contributed by atoms with van der Waals surface area (Å²) in [5, 5.41) is 8.87. The van der Waals surface area contributed by atoms with Crippen LogP contribution in [0, 0.1) is 0 Å². The number of carbonyl (C=O) groups is 1. The first kappa shape index (κ1) is 12.0. The van der Waals surface area contributed by atoms with Crippen LogP contribution < -0.4 is 15.8 Å². The third kappa shape index (κ3) is 3.00. The highest BCUT2D eigenvalue weighted by molar-refractivity contribution is 5.98. The standard InChI is InChI=1S/C12H14N4O2/c13-11-10(8-15-16-11)12(17)14-6-7-18-9-4-2-1-3-5-9/h1-5,8H,6-7H2,(H,14,17)(H3,13,15,16). The van der Waals surface area contributed by atoms with Crippen LogP contribution >= 0.6 is 0 Å². The maximum Gasteiger partial charge on any atom is 0.256 e. The van der Waals surface area contributed by atoms with Gasteiger partial charge in [0.25, 0.3) is 5.91 Å². The molecule has 0 aliphatic carbocycles. The normalized spacial score (nSPS) is 10.0. The first-order valence-electron chi connectivity index (χ1n) is 5.52. The van der Waals surface area contributed by atoms with E-state index in [9.17, 15) is 4.79 Å². The summed E-state index contributed by atoms with van der Waals surface area (Å²) in [6.45, 7) is 0.797. The molecule has 2 rings (SSSR count). The lowest BCUT2D eigenvalue weighted by molar-refractivity contribution is 0.0948. The molecular formula is C12H14N4O2. The van der Waals surface area contributed by atoms with Crippen molar-refractivity contribution >= 4 is 11.7 Å². The van der Waals surface area contributed by atoms with Crippen molar-refractivity contribution in [1.29, 1.82) is 0 Å². The van der Waals surface area contributed by atoms with Gasteiger partial charge in [0.05, 0.1) is 12.7 Å². The van der Waals surface area contributed by atoms with Crippen molar-refractivity contribution in [2.45, 2.75) is 0 Å². The van der Waals surface area contributed by atoms with E-state index >= 15 is 0 Å². The number of carbonyl (C=O) groups excluding carboxylic acids is 1. The Morgan fingerprint density at radius 1 is 1.39 bits per heavy atom. The smallest absolute Gasteiger partial charge is 0.256 e. The average Bonchev–Trinajstić information content (AvgIpc) is 2.82. The first-order valence-corrected chi connectivity index (χ1v) is 5.52. The van der Waals surface area contributed by atoms with E-state index in [1.165, 1.54) is 6.20 Å². The molecule has 0 fully saturated rings. The number of nitrogens with one attached hydrogen (secondary N) is 2. The number of hydrogen-bond donors (Lipinski definition) is 3. The summed E-state index contributed by atoms with van der Waals surface area (Å²) in [4.78, 5) is 11.6. The lowest BCUT2D eigenvalue weighted by atomic mass is 10.3. The maximum atomic E-state index is 11.6. The summed E-state index contributed by atoms with van der Waals surface area (Å²) < 4.78 is 5.43. The summed E-state index contributed by atoms with van der Waals surface area (Å²) in [5.74, 6) is 0.768. The number of anilines is 1. The van der Waals surface area contributed by atoms with E-state index in [0.717, 1.165) is 5.75 Å². The topological polar surface area (TPSA) is 93.0 Å². The van der Waals surface area contributed by atoms with Crippen LogP contribution in [-0.2, 0) is 0 Å². The molecule has 0 saturated carbocycles. The lowest BCUT2D eigenvalue weighted by Crippen LogP contribution is -2.28. The van der Waals surface area contributed by atoms with E-state index in [-0.39, 0.29) is 11.7 Å². The number of nitrogens with zero attached hydrogens (tertiary/aromatic N) is 1. The Hall–Kier alpha value is -2.50. The van der Waals surface area contributed by atoms with Crippen LogP contribution in [0.5, 0.6) is 5.75 Å². The lowest BCUT2D eigenvalue weighted by Gasteiger charge is -2.07. The highest BCUT2D eigenvalue weighted by Crippen LogP contribution is 2.08. The molecule has 2 aromatic rings. The van der Waals surface area contributed by atoms with Crippen molar-refractivity contribution < 1.29 is 9.53 Å². The van der Waals surface area contributed by atoms with Crippen molar-refractivity contribution in [3.8, 4) is 5.75 Å². The number of hydrogen-bond acceptors (Lipinski definition) is 4. The van der Waals surface area contributed by atoms with E-state index in [4.69, 9.17) is 10.5 Å². The van der Waals surface area contributed by atoms with Gasteiger partial charge >= 0.3 is 0 Å². The molecule has 94 valence electrons. The van der Waals surface area contributed by atoms with E-state index in [1.807, 2.05) is 30.3 Å². The molecule has 0 bridgehead atoms. The van der Waals surface area contributed by atoms with Gasteiger partial charge in [-0.1, -0.05) is 18.2 Å². The van der Waals surface area contributed by atoms with Crippen molar-refractivity contribution in [1.82, 2.24) is 15.5 Å². The van der Waals surface area contributed by atoms with E-state index in [0.29, 0.717) is 18.7 Å². The average molecular weight is 246 g/mol. The van der Waals surface area contributed by atoms with Gasteiger partial charge in [-0.05, 0) is 12.1 Å². The largest absolute Gasteiger partial charge is 0.492 e. The number of aromatic nitrogens is 2. The zero-order valence-corrected chi connectivity index (χ0v) is 9.72. The maximum absolute atomic E-state index is 11.6. The number of ether oxygens (including phenoxy) is 1. The van der Waals surface area contributed by atoms with Crippen LogP contribution in [0.3, 0.4) is 0 Å². The van der Waals surface area contributed by atoms with Gasteiger partial charge < -0.3 is 15.8 Å². The number of benzene rings is 1. The Balaban J connectivity index is 1.73. The van der Waals surface area contributed by atoms with Crippen LogP contribution in [0.1, 0.15) is 10.4 Å². The van der Waals surface area contributed by atoms with Gasteiger partial charge in [-0.15, -0.1) is 0 Å². The summed E-state index contributed by atoms with van der Waals surface area (Å²) in [5.41, 5.74) is 5.87. The molecular weight excluding hydrogens is 232 g/mol. The fraction of sp³-hybridized carbons (Fsp3) is 0.167. The summed E-state index contributed by atoms with van der Waals surface area (Å²) >= 11 is 0. The Labute approximate surface area is 104 Å². The van der Waals surface area contributed by atoms with Crippen LogP contribution in [-0.4, -0.2) is 29.3 Å². The summed E-state index contributed by atoms with van der Waals surface area (Å²) in [6.07, 6.45) is 1.39. The quantitative estimate of drug-likeness (QED) is 0.680. The number of amides is 1. The molecule has 1 aromatic heterocycles. The van der Waals surface area contributed by atoms with Crippen molar-refractivity contribution in [3.05, 3.63) is 42.1 Å². The number of nitrogens with two attached hydrogens (primary N) is 1. The molecule has 0 aliphatic heterocycles. The minimum absolute atomic E-state index is 0.261. The monoisotopic (exact) mass is 246 g/mol. The molecule has 1 heterocycles. The SMILES string of the molecule is Nc1[nH]ncc1C(=O)NCCOc1ccccc1. The van der Waals surface area contributed by atoms with E-state index in [2.05, 4.69) is 15.5 Å². The zero-order valence-electron chi connectivity index (χ0n) is 9.72. The van der Waals surface area contributed by atoms with E-state index < -0.39 is 0 Å². The second kappa shape index (κ2) is 5.72. The number of rotatable bonds is 5. The minimum atomic E-state index is -0.266. The molecule has 1 amide bonds. The molecule has 0 saturated heterocycles. The van der Waals surface area contributed by atoms with Crippen LogP contribution in [0.4, 0.5) is 5.82 Å². The second-order valence-corrected chi connectivity index (χ2v) is 3.61. The number of para-hydroxylation sites is 1. The van der Waals surface area contributed by atoms with Gasteiger partial charge in [-0.25, -0.2) is 0 Å². The van der Waals surface area contributed by atoms with Crippen molar-refractivity contribution in [2.24, 2.45) is 0 Å². The number of nitrogen functional groups attached to an aromatic ring is 1. The van der Waals surface area contributed by atoms with Gasteiger partial charge in [-0.2, -0.15) is 5.10 Å². The van der Waals surface area contributed by atoms with Gasteiger partial charge in [-0.3, -0.25) is 9.89 Å². The molecule has 1 aromatic carbocycles. The Morgan fingerprint density at radius 2 is 2.17 bits per heavy atom. The minimum Gasteiger partial charge on any atom is -0.492 e. The van der Waals surface area contributed by atoms with Gasteiger partial charge in [0.2, 0.25) is 0 Å². The summed E-state index contributed by atoms with van der Waals surface area (Å²) in [6, 6.07) is 9.41. The highest BCUT2D eigenvalue weighted by Gasteiger charge is 2.10. The number of aromatic amines is 1. The number of H-pyrrole nitrogens is 1. The van der Waals surface area contributed by atoms with Crippen LogP contribution in [0.15, 0.2) is 36.5 Å². The molecule has 0 spiro atoms. The molecule has 18 heavy (non-hydrogen) atoms. The molecule has 0 atom stereocenters. The molecule has 0 unspecified atom stereocenters. The highest BCUT2D eigenvalue weighted by atomic mass is 16.5. The van der Waals surface area contributed by atoms with E-state index in [1.54, 1.807) is 0 Å². The summed E-state index contributed by atoms with van der Waals surface area (Å²) in [7, 11) is 0. The van der Waals surface area contributed by atoms with Gasteiger partial charge in [0.1, 0.15) is 23.7 Å². The van der Waals surface area contributed by atoms with Crippen molar-refractivity contribution in [3.63, 3.8) is 0 Å². The Morgan fingerprint density at radius 3 is 2.83 bits per heavy atom. The molecule has 6 heteroatoms. The second-order valence-electron chi connectivity index (χ2n) is 3.61. The molecule has 4 N–H and O–H groups in total. The van der Waals surface area contributed by atoms with Gasteiger partial charge in [0.15, 0.2) is 0 Å². The predicted molar refractivity (Wildman–Crippen MR) is 67.3 cm³/mol. The Bertz CT molecular complexity index is 510. The fourth-order valence-corrected chi connectivity index (χ4v) is 1.42. The third-order valence-corrected chi connectivity index (χ3v) is 2.31.